The molecule has 0 saturated carbocycles. The van der Waals surface area contributed by atoms with Crippen LogP contribution in [0, 0.1) is 6.92 Å². The molecule has 6 heteroatoms. The van der Waals surface area contributed by atoms with E-state index >= 15 is 0 Å². The number of benzene rings is 1. The normalized spacial score (nSPS) is 13.9. The highest BCUT2D eigenvalue weighted by molar-refractivity contribution is 9.10. The molecule has 18 heavy (non-hydrogen) atoms. The zero-order valence-corrected chi connectivity index (χ0v) is 13.1. The Kier molecular flexibility index (Phi) is 5.33. The van der Waals surface area contributed by atoms with Gasteiger partial charge in [0, 0.05) is 18.1 Å². The minimum Gasteiger partial charge on any atom is -0.393 e. The first-order chi connectivity index (χ1) is 8.25. The number of sulfonamides is 1. The lowest BCUT2D eigenvalue weighted by Crippen LogP contribution is -2.30. The van der Waals surface area contributed by atoms with Crippen LogP contribution < -0.4 is 0 Å². The second kappa shape index (κ2) is 6.14. The predicted molar refractivity (Wildman–Crippen MR) is 75.0 cm³/mol. The molecule has 1 rings (SSSR count). The lowest BCUT2D eigenvalue weighted by atomic mass is 10.2. The Morgan fingerprint density at radius 2 is 2.06 bits per heavy atom. The Bertz CT molecular complexity index is 514. The highest BCUT2D eigenvalue weighted by Gasteiger charge is 2.22. The molecule has 0 aromatic heterocycles. The Morgan fingerprint density at radius 1 is 1.44 bits per heavy atom. The molecule has 0 saturated heterocycles. The van der Waals surface area contributed by atoms with Gasteiger partial charge in [-0.25, -0.2) is 12.7 Å². The van der Waals surface area contributed by atoms with E-state index in [-0.39, 0.29) is 0 Å². The Balaban J connectivity index is 2.98. The van der Waals surface area contributed by atoms with Gasteiger partial charge in [0.2, 0.25) is 10.0 Å². The van der Waals surface area contributed by atoms with Crippen LogP contribution in [0.4, 0.5) is 0 Å². The summed E-state index contributed by atoms with van der Waals surface area (Å²) in [7, 11) is -1.95. The summed E-state index contributed by atoms with van der Waals surface area (Å²) in [6.45, 7) is 3.71. The van der Waals surface area contributed by atoms with Gasteiger partial charge in [0.15, 0.2) is 0 Å². The standard InChI is InChI=1S/C12H18BrNO3S/c1-9-8-11(13)4-5-12(9)18(16,17)14(3)7-6-10(2)15/h4-5,8,10,15H,6-7H2,1-3H3/t10-/m1/s1. The lowest BCUT2D eigenvalue weighted by molar-refractivity contribution is 0.177. The molecule has 0 heterocycles. The molecule has 0 fully saturated rings. The van der Waals surface area contributed by atoms with Crippen LogP contribution in [-0.4, -0.2) is 37.5 Å². The third-order valence-electron chi connectivity index (χ3n) is 2.69. The second-order valence-corrected chi connectivity index (χ2v) is 7.30. The summed E-state index contributed by atoms with van der Waals surface area (Å²) in [5, 5.41) is 9.20. The third kappa shape index (κ3) is 3.78. The highest BCUT2D eigenvalue weighted by Crippen LogP contribution is 2.22. The van der Waals surface area contributed by atoms with E-state index in [1.807, 2.05) is 0 Å². The molecule has 0 amide bonds. The van der Waals surface area contributed by atoms with E-state index in [1.165, 1.54) is 11.4 Å². The van der Waals surface area contributed by atoms with Gasteiger partial charge < -0.3 is 5.11 Å². The zero-order valence-electron chi connectivity index (χ0n) is 10.7. The lowest BCUT2D eigenvalue weighted by Gasteiger charge is -2.19. The van der Waals surface area contributed by atoms with E-state index in [0.29, 0.717) is 23.4 Å². The van der Waals surface area contributed by atoms with Crippen molar-refractivity contribution in [1.82, 2.24) is 4.31 Å². The summed E-state index contributed by atoms with van der Waals surface area (Å²) in [5.74, 6) is 0. The first kappa shape index (κ1) is 15.6. The van der Waals surface area contributed by atoms with Crippen molar-refractivity contribution >= 4 is 26.0 Å². The number of nitrogens with zero attached hydrogens (tertiary/aromatic N) is 1. The summed E-state index contributed by atoms with van der Waals surface area (Å²) >= 11 is 3.31. The van der Waals surface area contributed by atoms with Crippen molar-refractivity contribution in [2.45, 2.75) is 31.3 Å². The molecule has 1 aromatic carbocycles. The first-order valence-corrected chi connectivity index (χ1v) is 7.89. The van der Waals surface area contributed by atoms with Gasteiger partial charge in [-0.1, -0.05) is 15.9 Å². The number of aryl methyl sites for hydroxylation is 1. The van der Waals surface area contributed by atoms with Crippen molar-refractivity contribution in [3.63, 3.8) is 0 Å². The molecule has 0 radical (unpaired) electrons. The quantitative estimate of drug-likeness (QED) is 0.896. The fourth-order valence-corrected chi connectivity index (χ4v) is 3.42. The van der Waals surface area contributed by atoms with Crippen molar-refractivity contribution in [3.8, 4) is 0 Å². The molecular weight excluding hydrogens is 318 g/mol. The van der Waals surface area contributed by atoms with Crippen molar-refractivity contribution in [1.29, 1.82) is 0 Å². The van der Waals surface area contributed by atoms with E-state index in [1.54, 1.807) is 32.0 Å². The van der Waals surface area contributed by atoms with E-state index < -0.39 is 16.1 Å². The van der Waals surface area contributed by atoms with E-state index in [4.69, 9.17) is 0 Å². The molecule has 1 N–H and O–H groups in total. The highest BCUT2D eigenvalue weighted by atomic mass is 79.9. The average molecular weight is 336 g/mol. The van der Waals surface area contributed by atoms with Crippen LogP contribution in [-0.2, 0) is 10.0 Å². The summed E-state index contributed by atoms with van der Waals surface area (Å²) in [6.07, 6.45) is -0.0839. The minimum absolute atomic E-state index is 0.301. The molecular formula is C12H18BrNO3S. The number of rotatable bonds is 5. The van der Waals surface area contributed by atoms with Gasteiger partial charge in [-0.15, -0.1) is 0 Å². The van der Waals surface area contributed by atoms with Gasteiger partial charge >= 0.3 is 0 Å². The maximum atomic E-state index is 12.3. The molecule has 0 aliphatic heterocycles. The topological polar surface area (TPSA) is 57.6 Å². The maximum Gasteiger partial charge on any atom is 0.243 e. The molecule has 4 nitrogen and oxygen atoms in total. The maximum absolute atomic E-state index is 12.3. The summed E-state index contributed by atoms with van der Waals surface area (Å²) in [4.78, 5) is 0.304. The van der Waals surface area contributed by atoms with Crippen LogP contribution in [0.5, 0.6) is 0 Å². The Morgan fingerprint density at radius 3 is 2.56 bits per heavy atom. The van der Waals surface area contributed by atoms with E-state index in [9.17, 15) is 13.5 Å². The van der Waals surface area contributed by atoms with Crippen molar-refractivity contribution in [2.75, 3.05) is 13.6 Å². The Hall–Kier alpha value is -0.430. The number of aliphatic hydroxyl groups is 1. The summed E-state index contributed by atoms with van der Waals surface area (Å²) in [6, 6.07) is 5.07. The fourth-order valence-electron chi connectivity index (χ4n) is 1.56. The monoisotopic (exact) mass is 335 g/mol. The second-order valence-electron chi connectivity index (χ2n) is 4.37. The molecule has 0 spiro atoms. The number of halogens is 1. The molecule has 0 aliphatic carbocycles. The molecule has 0 unspecified atom stereocenters. The number of aliphatic hydroxyl groups excluding tert-OH is 1. The zero-order chi connectivity index (χ0) is 13.9. The molecule has 0 aliphatic rings. The van der Waals surface area contributed by atoms with Gasteiger partial charge in [0.25, 0.3) is 0 Å². The fraction of sp³-hybridized carbons (Fsp3) is 0.500. The number of hydrogen-bond donors (Lipinski definition) is 1. The van der Waals surface area contributed by atoms with Gasteiger partial charge in [-0.05, 0) is 44.0 Å². The van der Waals surface area contributed by atoms with E-state index in [0.717, 1.165) is 4.47 Å². The first-order valence-electron chi connectivity index (χ1n) is 5.65. The Labute approximate surface area is 117 Å². The van der Waals surface area contributed by atoms with Crippen LogP contribution in [0.15, 0.2) is 27.6 Å². The SMILES string of the molecule is Cc1cc(Br)ccc1S(=O)(=O)N(C)CC[C@@H](C)O. The molecule has 1 aromatic rings. The van der Waals surface area contributed by atoms with Crippen molar-refractivity contribution < 1.29 is 13.5 Å². The van der Waals surface area contributed by atoms with Gasteiger partial charge in [-0.2, -0.15) is 0 Å². The largest absolute Gasteiger partial charge is 0.393 e. The van der Waals surface area contributed by atoms with Crippen LogP contribution in [0.3, 0.4) is 0 Å². The molecule has 0 bridgehead atoms. The van der Waals surface area contributed by atoms with Crippen molar-refractivity contribution in [2.24, 2.45) is 0 Å². The van der Waals surface area contributed by atoms with Gasteiger partial charge in [0.05, 0.1) is 11.0 Å². The van der Waals surface area contributed by atoms with E-state index in [2.05, 4.69) is 15.9 Å². The summed E-state index contributed by atoms with van der Waals surface area (Å²) < 4.78 is 26.7. The van der Waals surface area contributed by atoms with Crippen LogP contribution in [0.2, 0.25) is 0 Å². The predicted octanol–water partition coefficient (Wildman–Crippen LogP) is 2.15. The third-order valence-corrected chi connectivity index (χ3v) is 5.20. The smallest absolute Gasteiger partial charge is 0.243 e. The van der Waals surface area contributed by atoms with Crippen LogP contribution in [0.1, 0.15) is 18.9 Å². The minimum atomic E-state index is -3.48. The summed E-state index contributed by atoms with van der Waals surface area (Å²) in [5.41, 5.74) is 0.702. The van der Waals surface area contributed by atoms with Crippen molar-refractivity contribution in [3.05, 3.63) is 28.2 Å². The number of hydrogen-bond acceptors (Lipinski definition) is 3. The van der Waals surface area contributed by atoms with Gasteiger partial charge in [0.1, 0.15) is 0 Å². The molecule has 102 valence electrons. The van der Waals surface area contributed by atoms with Gasteiger partial charge in [-0.3, -0.25) is 0 Å². The van der Waals surface area contributed by atoms with Crippen LogP contribution >= 0.6 is 15.9 Å². The average Bonchev–Trinajstić information content (AvgIpc) is 2.24. The molecule has 1 atom stereocenters. The van der Waals surface area contributed by atoms with Crippen LogP contribution in [0.25, 0.3) is 0 Å².